The second-order valence-corrected chi connectivity index (χ2v) is 2.99. The van der Waals surface area contributed by atoms with Gasteiger partial charge in [0, 0.05) is 0 Å². The van der Waals surface area contributed by atoms with E-state index >= 15 is 0 Å². The van der Waals surface area contributed by atoms with Crippen molar-refractivity contribution in [2.45, 2.75) is 0 Å². The molecule has 0 heterocycles. The summed E-state index contributed by atoms with van der Waals surface area (Å²) in [5.41, 5.74) is 3.32. The van der Waals surface area contributed by atoms with Gasteiger partial charge in [0.25, 0.3) is 0 Å². The van der Waals surface area contributed by atoms with Crippen molar-refractivity contribution in [1.29, 1.82) is 0 Å². The van der Waals surface area contributed by atoms with Crippen LogP contribution in [0.2, 0.25) is 0 Å². The number of nitrogens with two attached hydrogens (primary N) is 1. The van der Waals surface area contributed by atoms with Gasteiger partial charge < -0.3 is 5.40 Å². The molecule has 0 saturated heterocycles. The Morgan fingerprint density at radius 3 is 2.50 bits per heavy atom. The molecule has 0 fully saturated rings. The summed E-state index contributed by atoms with van der Waals surface area (Å²) in [6.45, 7) is 0. The molecule has 0 bridgehead atoms. The molecule has 0 saturated carbocycles. The van der Waals surface area contributed by atoms with E-state index in [0.29, 0.717) is 0 Å². The molecular weight excluding hydrogens is 138 g/mol. The molecule has 1 nitrogen and oxygen atoms in total. The molecule has 0 unspecified atom stereocenters. The zero-order valence-corrected chi connectivity index (χ0v) is 7.24. The van der Waals surface area contributed by atoms with Gasteiger partial charge in [0.15, 0.2) is 0 Å². The van der Waals surface area contributed by atoms with Crippen LogP contribution in [0.5, 0.6) is 0 Å². The van der Waals surface area contributed by atoms with E-state index in [-0.39, 0.29) is 0 Å². The highest BCUT2D eigenvalue weighted by Crippen LogP contribution is 1.99. The highest BCUT2D eigenvalue weighted by Gasteiger charge is 1.79. The average molecular weight is 149 g/mol. The van der Waals surface area contributed by atoms with Gasteiger partial charge in [-0.25, -0.2) is 0 Å². The van der Waals surface area contributed by atoms with Crippen LogP contribution in [0.4, 0.5) is 0 Å². The Labute approximate surface area is 63.5 Å². The Morgan fingerprint density at radius 1 is 1.20 bits per heavy atom. The first-order valence-corrected chi connectivity index (χ1v) is 4.98. The standard InChI is InChI=1S/C8H11NSi/c9-10-7-6-8-4-2-1-3-5-8/h1-7H,9-10H2. The molecule has 10 heavy (non-hydrogen) atoms. The second-order valence-electron chi connectivity index (χ2n) is 2.05. The maximum atomic E-state index is 5.43. The van der Waals surface area contributed by atoms with E-state index in [0.717, 1.165) is 0 Å². The monoisotopic (exact) mass is 149 g/mol. The van der Waals surface area contributed by atoms with Crippen LogP contribution in [-0.4, -0.2) is 9.68 Å². The maximum Gasteiger partial charge on any atom is 0.114 e. The lowest BCUT2D eigenvalue weighted by Crippen LogP contribution is -1.98. The predicted octanol–water partition coefficient (Wildman–Crippen LogP) is 0.700. The molecule has 1 rings (SSSR count). The zero-order chi connectivity index (χ0) is 7.23. The van der Waals surface area contributed by atoms with Crippen molar-refractivity contribution in [2.75, 3.05) is 0 Å². The van der Waals surface area contributed by atoms with E-state index in [4.69, 9.17) is 5.40 Å². The van der Waals surface area contributed by atoms with E-state index in [2.05, 4.69) is 23.9 Å². The lowest BCUT2D eigenvalue weighted by Gasteiger charge is -1.88. The first-order chi connectivity index (χ1) is 4.93. The van der Waals surface area contributed by atoms with Crippen molar-refractivity contribution >= 4 is 15.8 Å². The summed E-state index contributed by atoms with van der Waals surface area (Å²) in [4.78, 5) is 0. The van der Waals surface area contributed by atoms with Crippen LogP contribution in [0.15, 0.2) is 36.0 Å². The van der Waals surface area contributed by atoms with Gasteiger partial charge in [0.05, 0.1) is 0 Å². The Morgan fingerprint density at radius 2 is 1.90 bits per heavy atom. The first kappa shape index (κ1) is 7.25. The van der Waals surface area contributed by atoms with Crippen LogP contribution in [0.25, 0.3) is 6.08 Å². The quantitative estimate of drug-likeness (QED) is 0.615. The van der Waals surface area contributed by atoms with Gasteiger partial charge in [0.2, 0.25) is 0 Å². The molecule has 0 aliphatic carbocycles. The summed E-state index contributed by atoms with van der Waals surface area (Å²) < 4.78 is 0. The Balaban J connectivity index is 2.67. The summed E-state index contributed by atoms with van der Waals surface area (Å²) >= 11 is 0. The number of benzene rings is 1. The van der Waals surface area contributed by atoms with E-state index in [1.165, 1.54) is 5.56 Å². The van der Waals surface area contributed by atoms with Crippen molar-refractivity contribution in [3.8, 4) is 0 Å². The molecule has 0 radical (unpaired) electrons. The third kappa shape index (κ3) is 2.17. The average Bonchev–Trinajstić information content (AvgIpc) is 2.03. The molecule has 2 N–H and O–H groups in total. The zero-order valence-electron chi connectivity index (χ0n) is 5.83. The topological polar surface area (TPSA) is 26.0 Å². The summed E-state index contributed by atoms with van der Waals surface area (Å²) in [5, 5.41) is 5.43. The maximum absolute atomic E-state index is 5.43. The minimum absolute atomic E-state index is 0.410. The van der Waals surface area contributed by atoms with Crippen LogP contribution in [0.1, 0.15) is 5.56 Å². The third-order valence-electron chi connectivity index (χ3n) is 1.25. The Hall–Kier alpha value is -0.863. The van der Waals surface area contributed by atoms with Gasteiger partial charge in [-0.2, -0.15) is 0 Å². The van der Waals surface area contributed by atoms with Crippen LogP contribution in [0, 0.1) is 0 Å². The fourth-order valence-electron chi connectivity index (χ4n) is 0.768. The SMILES string of the molecule is N[SiH2]C=Cc1ccccc1. The lowest BCUT2D eigenvalue weighted by molar-refractivity contribution is 1.66. The fourth-order valence-corrected chi connectivity index (χ4v) is 1.18. The largest absolute Gasteiger partial charge is 0.353 e. The van der Waals surface area contributed by atoms with Gasteiger partial charge in [0.1, 0.15) is 9.68 Å². The molecule has 1 aromatic carbocycles. The third-order valence-corrected chi connectivity index (χ3v) is 1.75. The molecule has 2 heteroatoms. The van der Waals surface area contributed by atoms with Crippen molar-refractivity contribution < 1.29 is 0 Å². The van der Waals surface area contributed by atoms with E-state index < -0.39 is 9.68 Å². The van der Waals surface area contributed by atoms with Gasteiger partial charge in [-0.15, -0.1) is 0 Å². The number of hydrogen-bond donors (Lipinski definition) is 1. The Bertz CT molecular complexity index is 206. The molecule has 1 aromatic rings. The molecular formula is C8H11NSi. The highest BCUT2D eigenvalue weighted by molar-refractivity contribution is 6.39. The van der Waals surface area contributed by atoms with Gasteiger partial charge >= 0.3 is 0 Å². The molecule has 0 aliphatic heterocycles. The van der Waals surface area contributed by atoms with Crippen molar-refractivity contribution in [1.82, 2.24) is 0 Å². The number of rotatable bonds is 2. The first-order valence-electron chi connectivity index (χ1n) is 3.35. The Kier molecular flexibility index (Phi) is 2.92. The van der Waals surface area contributed by atoms with E-state index in [1.54, 1.807) is 0 Å². The molecule has 0 atom stereocenters. The van der Waals surface area contributed by atoms with Crippen molar-refractivity contribution in [3.63, 3.8) is 0 Å². The summed E-state index contributed by atoms with van der Waals surface area (Å²) in [6, 6.07) is 10.2. The predicted molar refractivity (Wildman–Crippen MR) is 48.2 cm³/mol. The van der Waals surface area contributed by atoms with Crippen molar-refractivity contribution in [2.24, 2.45) is 5.40 Å². The normalized spacial score (nSPS) is 11.7. The summed E-state index contributed by atoms with van der Waals surface area (Å²) in [5.74, 6) is 0. The van der Waals surface area contributed by atoms with Gasteiger partial charge in [-0.1, -0.05) is 42.1 Å². The van der Waals surface area contributed by atoms with Gasteiger partial charge in [-0.05, 0) is 5.56 Å². The van der Waals surface area contributed by atoms with Crippen LogP contribution >= 0.6 is 0 Å². The van der Waals surface area contributed by atoms with Crippen LogP contribution < -0.4 is 5.40 Å². The summed E-state index contributed by atoms with van der Waals surface area (Å²) in [6.07, 6.45) is 2.08. The minimum Gasteiger partial charge on any atom is -0.353 e. The highest BCUT2D eigenvalue weighted by atomic mass is 28.2. The fraction of sp³-hybridized carbons (Fsp3) is 0. The van der Waals surface area contributed by atoms with Crippen LogP contribution in [0.3, 0.4) is 0 Å². The molecule has 52 valence electrons. The van der Waals surface area contributed by atoms with E-state index in [9.17, 15) is 0 Å². The molecule has 0 aromatic heterocycles. The molecule has 0 amide bonds. The minimum atomic E-state index is -0.410. The molecule has 0 aliphatic rings. The second kappa shape index (κ2) is 4.03. The summed E-state index contributed by atoms with van der Waals surface area (Å²) in [7, 11) is -0.410. The van der Waals surface area contributed by atoms with Gasteiger partial charge in [-0.3, -0.25) is 0 Å². The smallest absolute Gasteiger partial charge is 0.114 e. The van der Waals surface area contributed by atoms with Crippen molar-refractivity contribution in [3.05, 3.63) is 41.6 Å². The van der Waals surface area contributed by atoms with Crippen LogP contribution in [-0.2, 0) is 0 Å². The van der Waals surface area contributed by atoms with E-state index in [1.807, 2.05) is 18.2 Å². The lowest BCUT2D eigenvalue weighted by atomic mass is 10.2. The number of hydrogen-bond acceptors (Lipinski definition) is 1. The molecule has 0 spiro atoms.